The molecular weight excluding hydrogens is 318 g/mol. The molecule has 0 amide bonds. The second-order valence-electron chi connectivity index (χ2n) is 5.46. The Morgan fingerprint density at radius 2 is 1.92 bits per heavy atom. The van der Waals surface area contributed by atoms with Crippen LogP contribution in [0.15, 0.2) is 59.2 Å². The number of aliphatic imine (C=N–C) groups is 1. The summed E-state index contributed by atoms with van der Waals surface area (Å²) in [5.41, 5.74) is 1.80. The maximum absolute atomic E-state index is 12.1. The summed E-state index contributed by atoms with van der Waals surface area (Å²) in [4.78, 5) is 16.4. The Balaban J connectivity index is 1.87. The molecule has 0 fully saturated rings. The summed E-state index contributed by atoms with van der Waals surface area (Å²) in [6.45, 7) is 2.66. The summed E-state index contributed by atoms with van der Waals surface area (Å²) in [7, 11) is 1.58. The van der Waals surface area contributed by atoms with Crippen LogP contribution in [-0.2, 0) is 9.53 Å². The van der Waals surface area contributed by atoms with E-state index in [9.17, 15) is 4.79 Å². The first-order valence-electron chi connectivity index (χ1n) is 8.10. The van der Waals surface area contributed by atoms with E-state index >= 15 is 0 Å². The molecule has 0 N–H and O–H groups in total. The van der Waals surface area contributed by atoms with Crippen molar-refractivity contribution >= 4 is 17.9 Å². The van der Waals surface area contributed by atoms with Crippen LogP contribution in [0.25, 0.3) is 6.08 Å². The number of cyclic esters (lactones) is 1. The fourth-order valence-corrected chi connectivity index (χ4v) is 2.38. The molecule has 25 heavy (non-hydrogen) atoms. The third kappa shape index (κ3) is 3.88. The average molecular weight is 337 g/mol. The lowest BCUT2D eigenvalue weighted by Crippen LogP contribution is -2.04. The molecule has 0 aromatic heterocycles. The van der Waals surface area contributed by atoms with E-state index < -0.39 is 5.97 Å². The number of methoxy groups -OCH3 is 1. The third-order valence-electron chi connectivity index (χ3n) is 3.59. The number of hydrogen-bond donors (Lipinski definition) is 0. The van der Waals surface area contributed by atoms with Gasteiger partial charge in [0, 0.05) is 5.56 Å². The van der Waals surface area contributed by atoms with Crippen molar-refractivity contribution in [2.45, 2.75) is 13.3 Å². The molecule has 0 saturated carbocycles. The van der Waals surface area contributed by atoms with Gasteiger partial charge in [0.25, 0.3) is 0 Å². The highest BCUT2D eigenvalue weighted by Gasteiger charge is 2.24. The summed E-state index contributed by atoms with van der Waals surface area (Å²) < 4.78 is 16.2. The molecule has 0 aliphatic carbocycles. The number of benzene rings is 2. The van der Waals surface area contributed by atoms with Gasteiger partial charge in [-0.1, -0.05) is 31.2 Å². The minimum atomic E-state index is -0.468. The van der Waals surface area contributed by atoms with Crippen molar-refractivity contribution < 1.29 is 19.0 Å². The predicted octanol–water partition coefficient (Wildman–Crippen LogP) is 3.83. The van der Waals surface area contributed by atoms with E-state index in [0.29, 0.717) is 24.0 Å². The van der Waals surface area contributed by atoms with Crippen molar-refractivity contribution in [1.29, 1.82) is 0 Å². The van der Waals surface area contributed by atoms with Crippen LogP contribution < -0.4 is 9.47 Å². The van der Waals surface area contributed by atoms with Crippen molar-refractivity contribution in [2.75, 3.05) is 13.7 Å². The molecule has 0 spiro atoms. The highest BCUT2D eigenvalue weighted by Crippen LogP contribution is 2.29. The first kappa shape index (κ1) is 16.8. The van der Waals surface area contributed by atoms with Crippen molar-refractivity contribution in [1.82, 2.24) is 0 Å². The lowest BCUT2D eigenvalue weighted by Gasteiger charge is -2.10. The van der Waals surface area contributed by atoms with Crippen LogP contribution >= 0.6 is 0 Å². The van der Waals surface area contributed by atoms with E-state index in [1.807, 2.05) is 49.4 Å². The van der Waals surface area contributed by atoms with Gasteiger partial charge in [-0.05, 0) is 42.3 Å². The van der Waals surface area contributed by atoms with Gasteiger partial charge in [0.15, 0.2) is 17.2 Å². The Labute approximate surface area is 146 Å². The standard InChI is InChI=1S/C20H19NO4/c1-3-11-24-17-10-9-14(13-18(17)23-2)12-16-20(22)25-19(21-16)15-7-5-4-6-8-15/h4-10,12-13H,3,11H2,1-2H3. The van der Waals surface area contributed by atoms with Gasteiger partial charge in [-0.15, -0.1) is 0 Å². The largest absolute Gasteiger partial charge is 0.493 e. The molecule has 5 heteroatoms. The van der Waals surface area contributed by atoms with E-state index in [1.165, 1.54) is 0 Å². The quantitative estimate of drug-likeness (QED) is 0.594. The Kier molecular flexibility index (Phi) is 5.14. The maximum Gasteiger partial charge on any atom is 0.363 e. The summed E-state index contributed by atoms with van der Waals surface area (Å²) in [6, 6.07) is 14.8. The Hall–Kier alpha value is -3.08. The molecule has 2 aromatic carbocycles. The number of rotatable bonds is 6. The minimum absolute atomic E-state index is 0.253. The molecule has 0 saturated heterocycles. The van der Waals surface area contributed by atoms with Crippen LogP contribution in [0.3, 0.4) is 0 Å². The maximum atomic E-state index is 12.1. The summed E-state index contributed by atoms with van der Waals surface area (Å²) in [6.07, 6.45) is 2.59. The highest BCUT2D eigenvalue weighted by molar-refractivity contribution is 6.12. The van der Waals surface area contributed by atoms with E-state index in [-0.39, 0.29) is 5.70 Å². The second kappa shape index (κ2) is 7.66. The Morgan fingerprint density at radius 3 is 2.64 bits per heavy atom. The first-order chi connectivity index (χ1) is 12.2. The first-order valence-corrected chi connectivity index (χ1v) is 8.10. The molecule has 3 rings (SSSR count). The topological polar surface area (TPSA) is 57.1 Å². The zero-order valence-electron chi connectivity index (χ0n) is 14.2. The average Bonchev–Trinajstić information content (AvgIpc) is 3.02. The Morgan fingerprint density at radius 1 is 1.12 bits per heavy atom. The smallest absolute Gasteiger partial charge is 0.363 e. The van der Waals surface area contributed by atoms with Gasteiger partial charge in [-0.3, -0.25) is 0 Å². The number of carbonyl (C=O) groups is 1. The summed E-state index contributed by atoms with van der Waals surface area (Å²) in [5, 5.41) is 0. The summed E-state index contributed by atoms with van der Waals surface area (Å²) >= 11 is 0. The molecule has 1 heterocycles. The molecule has 128 valence electrons. The predicted molar refractivity (Wildman–Crippen MR) is 95.8 cm³/mol. The second-order valence-corrected chi connectivity index (χ2v) is 5.46. The zero-order valence-corrected chi connectivity index (χ0v) is 14.2. The molecule has 0 radical (unpaired) electrons. The Bertz CT molecular complexity index is 825. The minimum Gasteiger partial charge on any atom is -0.493 e. The monoisotopic (exact) mass is 337 g/mol. The molecule has 1 aliphatic rings. The van der Waals surface area contributed by atoms with Crippen LogP contribution in [0.1, 0.15) is 24.5 Å². The van der Waals surface area contributed by atoms with Gasteiger partial charge in [0.1, 0.15) is 0 Å². The van der Waals surface area contributed by atoms with Gasteiger partial charge >= 0.3 is 5.97 Å². The van der Waals surface area contributed by atoms with Gasteiger partial charge in [0.05, 0.1) is 13.7 Å². The van der Waals surface area contributed by atoms with Crippen molar-refractivity contribution in [3.8, 4) is 11.5 Å². The number of ether oxygens (including phenoxy) is 3. The highest BCUT2D eigenvalue weighted by atomic mass is 16.6. The number of nitrogens with zero attached hydrogens (tertiary/aromatic N) is 1. The van der Waals surface area contributed by atoms with Crippen LogP contribution in [0, 0.1) is 0 Å². The zero-order chi connectivity index (χ0) is 17.6. The molecule has 0 bridgehead atoms. The van der Waals surface area contributed by atoms with Gasteiger partial charge in [0.2, 0.25) is 5.90 Å². The van der Waals surface area contributed by atoms with Gasteiger partial charge in [-0.25, -0.2) is 9.79 Å². The van der Waals surface area contributed by atoms with Gasteiger partial charge < -0.3 is 14.2 Å². The van der Waals surface area contributed by atoms with Crippen molar-refractivity contribution in [3.63, 3.8) is 0 Å². The van der Waals surface area contributed by atoms with Crippen LogP contribution in [0.4, 0.5) is 0 Å². The fourth-order valence-electron chi connectivity index (χ4n) is 2.38. The lowest BCUT2D eigenvalue weighted by atomic mass is 10.1. The number of esters is 1. The van der Waals surface area contributed by atoms with E-state index in [4.69, 9.17) is 14.2 Å². The normalized spacial score (nSPS) is 15.0. The molecule has 1 aliphatic heterocycles. The molecule has 2 aromatic rings. The van der Waals surface area contributed by atoms with E-state index in [0.717, 1.165) is 17.5 Å². The van der Waals surface area contributed by atoms with Crippen LogP contribution in [0.5, 0.6) is 11.5 Å². The molecular formula is C20H19NO4. The summed E-state index contributed by atoms with van der Waals surface area (Å²) in [5.74, 6) is 1.13. The van der Waals surface area contributed by atoms with Gasteiger partial charge in [-0.2, -0.15) is 0 Å². The van der Waals surface area contributed by atoms with E-state index in [1.54, 1.807) is 19.3 Å². The fraction of sp³-hybridized carbons (Fsp3) is 0.200. The van der Waals surface area contributed by atoms with Crippen molar-refractivity contribution in [3.05, 3.63) is 65.4 Å². The van der Waals surface area contributed by atoms with Crippen LogP contribution in [0.2, 0.25) is 0 Å². The van der Waals surface area contributed by atoms with E-state index in [2.05, 4.69) is 4.99 Å². The van der Waals surface area contributed by atoms with Crippen molar-refractivity contribution in [2.24, 2.45) is 4.99 Å². The number of hydrogen-bond acceptors (Lipinski definition) is 5. The number of carbonyl (C=O) groups excluding carboxylic acids is 1. The third-order valence-corrected chi connectivity index (χ3v) is 3.59. The SMILES string of the molecule is CCCOc1ccc(C=C2N=C(c3ccccc3)OC2=O)cc1OC. The molecule has 0 unspecified atom stereocenters. The molecule has 0 atom stereocenters. The lowest BCUT2D eigenvalue weighted by molar-refractivity contribution is -0.129. The molecule has 5 nitrogen and oxygen atoms in total. The van der Waals surface area contributed by atoms with Crippen LogP contribution in [-0.4, -0.2) is 25.6 Å².